The first-order valence-electron chi connectivity index (χ1n) is 5.82. The Bertz CT molecular complexity index is 365. The molecule has 2 rings (SSSR count). The van der Waals surface area contributed by atoms with E-state index in [4.69, 9.17) is 0 Å². The monoisotopic (exact) mass is 222 g/mol. The van der Waals surface area contributed by atoms with E-state index in [0.717, 1.165) is 31.6 Å². The molecule has 1 aromatic rings. The quantitative estimate of drug-likeness (QED) is 0.817. The van der Waals surface area contributed by atoms with Gasteiger partial charge in [-0.05, 0) is 37.6 Å². The average molecular weight is 222 g/mol. The minimum Gasteiger partial charge on any atom is -0.311 e. The summed E-state index contributed by atoms with van der Waals surface area (Å²) in [6, 6.07) is 5.89. The van der Waals surface area contributed by atoms with Gasteiger partial charge in [-0.3, -0.25) is 0 Å². The van der Waals surface area contributed by atoms with Crippen molar-refractivity contribution < 1.29 is 4.39 Å². The Morgan fingerprint density at radius 2 is 2.31 bits per heavy atom. The van der Waals surface area contributed by atoms with Crippen molar-refractivity contribution in [3.05, 3.63) is 35.1 Å². The molecule has 1 fully saturated rings. The van der Waals surface area contributed by atoms with Crippen molar-refractivity contribution in [2.24, 2.45) is 0 Å². The van der Waals surface area contributed by atoms with E-state index < -0.39 is 0 Å². The second-order valence-electron chi connectivity index (χ2n) is 4.70. The van der Waals surface area contributed by atoms with Crippen LogP contribution in [0.15, 0.2) is 18.2 Å². The molecule has 1 aromatic carbocycles. The summed E-state index contributed by atoms with van der Waals surface area (Å²) in [5.74, 6) is -0.113. The minimum absolute atomic E-state index is 0.113. The van der Waals surface area contributed by atoms with Crippen molar-refractivity contribution in [3.63, 3.8) is 0 Å². The number of benzene rings is 1. The van der Waals surface area contributed by atoms with Crippen LogP contribution in [0.4, 0.5) is 4.39 Å². The van der Waals surface area contributed by atoms with Gasteiger partial charge in [0.2, 0.25) is 0 Å². The van der Waals surface area contributed by atoms with Gasteiger partial charge in [0.1, 0.15) is 5.82 Å². The highest BCUT2D eigenvalue weighted by molar-refractivity contribution is 5.24. The third kappa shape index (κ3) is 2.80. The van der Waals surface area contributed by atoms with Gasteiger partial charge in [-0.1, -0.05) is 12.1 Å². The van der Waals surface area contributed by atoms with Gasteiger partial charge in [0, 0.05) is 25.7 Å². The summed E-state index contributed by atoms with van der Waals surface area (Å²) in [6.07, 6.45) is 0.978. The molecule has 0 spiro atoms. The van der Waals surface area contributed by atoms with Gasteiger partial charge in [0.05, 0.1) is 0 Å². The van der Waals surface area contributed by atoms with Crippen molar-refractivity contribution in [1.29, 1.82) is 0 Å². The van der Waals surface area contributed by atoms with E-state index in [-0.39, 0.29) is 5.82 Å². The average Bonchev–Trinajstić information content (AvgIpc) is 2.24. The van der Waals surface area contributed by atoms with Gasteiger partial charge in [-0.25, -0.2) is 4.39 Å². The molecule has 88 valence electrons. The predicted molar refractivity (Wildman–Crippen MR) is 64.1 cm³/mol. The molecule has 1 unspecified atom stereocenters. The van der Waals surface area contributed by atoms with Gasteiger partial charge in [0.15, 0.2) is 0 Å². The highest BCUT2D eigenvalue weighted by Crippen LogP contribution is 2.12. The van der Waals surface area contributed by atoms with Gasteiger partial charge in [-0.2, -0.15) is 0 Å². The second-order valence-corrected chi connectivity index (χ2v) is 4.70. The van der Waals surface area contributed by atoms with Crippen LogP contribution in [0, 0.1) is 12.7 Å². The van der Waals surface area contributed by atoms with E-state index >= 15 is 0 Å². The molecule has 3 heteroatoms. The summed E-state index contributed by atoms with van der Waals surface area (Å²) in [6.45, 7) is 5.04. The number of piperazine rings is 1. The van der Waals surface area contributed by atoms with Crippen LogP contribution in [0.3, 0.4) is 0 Å². The molecular formula is C13H19FN2. The molecule has 0 saturated carbocycles. The SMILES string of the molecule is Cc1cc(CC2CN(C)CCN2)ccc1F. The molecule has 1 saturated heterocycles. The molecule has 1 heterocycles. The highest BCUT2D eigenvalue weighted by Gasteiger charge is 2.16. The van der Waals surface area contributed by atoms with Gasteiger partial charge >= 0.3 is 0 Å². The summed E-state index contributed by atoms with van der Waals surface area (Å²) in [5, 5.41) is 3.50. The highest BCUT2D eigenvalue weighted by atomic mass is 19.1. The molecule has 0 bridgehead atoms. The second kappa shape index (κ2) is 4.93. The maximum atomic E-state index is 13.1. The zero-order valence-electron chi connectivity index (χ0n) is 9.96. The largest absolute Gasteiger partial charge is 0.311 e. The molecule has 0 aliphatic carbocycles. The Labute approximate surface area is 96.5 Å². The standard InChI is InChI=1S/C13H19FN2/c1-10-7-11(3-4-13(10)14)8-12-9-16(2)6-5-15-12/h3-4,7,12,15H,5-6,8-9H2,1-2H3. The number of nitrogens with zero attached hydrogens (tertiary/aromatic N) is 1. The smallest absolute Gasteiger partial charge is 0.126 e. The maximum absolute atomic E-state index is 13.1. The normalized spacial score (nSPS) is 22.3. The third-order valence-corrected chi connectivity index (χ3v) is 3.16. The van der Waals surface area contributed by atoms with E-state index in [1.165, 1.54) is 5.56 Å². The Morgan fingerprint density at radius 3 is 3.00 bits per heavy atom. The molecule has 0 amide bonds. The number of halogens is 1. The third-order valence-electron chi connectivity index (χ3n) is 3.16. The molecule has 16 heavy (non-hydrogen) atoms. The number of hydrogen-bond acceptors (Lipinski definition) is 2. The molecule has 1 aliphatic rings. The molecule has 1 atom stereocenters. The first-order valence-corrected chi connectivity index (χ1v) is 5.82. The minimum atomic E-state index is -0.113. The maximum Gasteiger partial charge on any atom is 0.126 e. The predicted octanol–water partition coefficient (Wildman–Crippen LogP) is 1.58. The number of hydrogen-bond donors (Lipinski definition) is 1. The number of aryl methyl sites for hydroxylation is 1. The van der Waals surface area contributed by atoms with Crippen LogP contribution in [0.2, 0.25) is 0 Å². The van der Waals surface area contributed by atoms with Gasteiger partial charge in [0.25, 0.3) is 0 Å². The van der Waals surface area contributed by atoms with Gasteiger partial charge in [-0.15, -0.1) is 0 Å². The van der Waals surface area contributed by atoms with E-state index in [9.17, 15) is 4.39 Å². The Hall–Kier alpha value is -0.930. The van der Waals surface area contributed by atoms with Crippen LogP contribution in [0.1, 0.15) is 11.1 Å². The number of likely N-dealkylation sites (N-methyl/N-ethyl adjacent to an activating group) is 1. The molecule has 2 nitrogen and oxygen atoms in total. The van der Waals surface area contributed by atoms with Crippen LogP contribution in [0.5, 0.6) is 0 Å². The zero-order chi connectivity index (χ0) is 11.5. The fourth-order valence-electron chi connectivity index (χ4n) is 2.25. The lowest BCUT2D eigenvalue weighted by molar-refractivity contribution is 0.238. The molecule has 1 N–H and O–H groups in total. The van der Waals surface area contributed by atoms with Crippen LogP contribution < -0.4 is 5.32 Å². The first-order chi connectivity index (χ1) is 7.65. The van der Waals surface area contributed by atoms with E-state index in [2.05, 4.69) is 17.3 Å². The Kier molecular flexibility index (Phi) is 3.56. The van der Waals surface area contributed by atoms with Crippen molar-refractivity contribution >= 4 is 0 Å². The van der Waals surface area contributed by atoms with Crippen LogP contribution in [0.25, 0.3) is 0 Å². The van der Waals surface area contributed by atoms with E-state index in [1.807, 2.05) is 19.1 Å². The zero-order valence-corrected chi connectivity index (χ0v) is 9.96. The summed E-state index contributed by atoms with van der Waals surface area (Å²) in [4.78, 5) is 2.33. The molecule has 0 aromatic heterocycles. The number of nitrogens with one attached hydrogen (secondary N) is 1. The summed E-state index contributed by atoms with van der Waals surface area (Å²) in [5.41, 5.74) is 1.95. The summed E-state index contributed by atoms with van der Waals surface area (Å²) < 4.78 is 13.1. The molecule has 1 aliphatic heterocycles. The summed E-state index contributed by atoms with van der Waals surface area (Å²) in [7, 11) is 2.14. The summed E-state index contributed by atoms with van der Waals surface area (Å²) >= 11 is 0. The topological polar surface area (TPSA) is 15.3 Å². The number of rotatable bonds is 2. The van der Waals surface area contributed by atoms with E-state index in [1.54, 1.807) is 6.07 Å². The van der Waals surface area contributed by atoms with E-state index in [0.29, 0.717) is 6.04 Å². The van der Waals surface area contributed by atoms with Crippen molar-refractivity contribution in [2.75, 3.05) is 26.7 Å². The lowest BCUT2D eigenvalue weighted by atomic mass is 10.0. The molecular weight excluding hydrogens is 203 g/mol. The van der Waals surface area contributed by atoms with Crippen LogP contribution in [-0.2, 0) is 6.42 Å². The lowest BCUT2D eigenvalue weighted by Crippen LogP contribution is -2.49. The van der Waals surface area contributed by atoms with Crippen molar-refractivity contribution in [3.8, 4) is 0 Å². The molecule has 0 radical (unpaired) electrons. The van der Waals surface area contributed by atoms with Gasteiger partial charge < -0.3 is 10.2 Å². The van der Waals surface area contributed by atoms with Crippen LogP contribution >= 0.6 is 0 Å². The lowest BCUT2D eigenvalue weighted by Gasteiger charge is -2.31. The Balaban J connectivity index is 2.00. The van der Waals surface area contributed by atoms with Crippen LogP contribution in [-0.4, -0.2) is 37.6 Å². The van der Waals surface area contributed by atoms with Crippen molar-refractivity contribution in [1.82, 2.24) is 10.2 Å². The fraction of sp³-hybridized carbons (Fsp3) is 0.538. The first kappa shape index (κ1) is 11.6. The fourth-order valence-corrected chi connectivity index (χ4v) is 2.25. The Morgan fingerprint density at radius 1 is 1.50 bits per heavy atom. The van der Waals surface area contributed by atoms with Crippen molar-refractivity contribution in [2.45, 2.75) is 19.4 Å².